The summed E-state index contributed by atoms with van der Waals surface area (Å²) in [6.45, 7) is 0.238. The van der Waals surface area contributed by atoms with Gasteiger partial charge < -0.3 is 15.4 Å². The molecule has 3 rings (SSSR count). The third-order valence-corrected chi connectivity index (χ3v) is 4.45. The number of aliphatic hydroxyl groups is 1. The lowest BCUT2D eigenvalue weighted by atomic mass is 10.2. The number of hydrogen-bond donors (Lipinski definition) is 3. The van der Waals surface area contributed by atoms with Gasteiger partial charge in [0.1, 0.15) is 5.82 Å². The van der Waals surface area contributed by atoms with E-state index in [1.807, 2.05) is 4.57 Å². The van der Waals surface area contributed by atoms with Crippen LogP contribution in [0.3, 0.4) is 0 Å². The van der Waals surface area contributed by atoms with Crippen molar-refractivity contribution in [3.63, 3.8) is 0 Å². The largest absolute Gasteiger partial charge is 0.395 e. The molecule has 16 heavy (non-hydrogen) atoms. The normalized spacial score (nSPS) is 25.6. The van der Waals surface area contributed by atoms with Gasteiger partial charge in [-0.05, 0) is 12.8 Å². The number of nitrogens with two attached hydrogens (primary N) is 1. The number of nitrogens with zero attached hydrogens (tertiary/aromatic N) is 3. The van der Waals surface area contributed by atoms with Gasteiger partial charge in [-0.15, -0.1) is 11.8 Å². The quantitative estimate of drug-likeness (QED) is 0.718. The molecule has 2 atom stereocenters. The highest BCUT2D eigenvalue weighted by molar-refractivity contribution is 8.00. The molecular formula is C9H13N5OS. The Balaban J connectivity index is 1.94. The monoisotopic (exact) mass is 239 g/mol. The number of nitrogens with one attached hydrogen (secondary N) is 1. The summed E-state index contributed by atoms with van der Waals surface area (Å²) in [6.07, 6.45) is 3.85. The zero-order valence-corrected chi connectivity index (χ0v) is 9.44. The van der Waals surface area contributed by atoms with Crippen LogP contribution in [0.4, 0.5) is 5.82 Å². The first kappa shape index (κ1) is 9.98. The van der Waals surface area contributed by atoms with E-state index in [9.17, 15) is 0 Å². The number of rotatable bonds is 2. The topological polar surface area (TPSA) is 92.8 Å². The molecule has 1 aliphatic heterocycles. The standard InChI is InChI=1S/C9H13N5OS/c10-8-7-9(13-12-8)14(4-11-7)6-2-1-5(3-15)16-6/h4-6,15H,1-3H2,(H3,10,12,13)/t5-,6+/m1/s1. The minimum absolute atomic E-state index is 0.238. The molecule has 6 nitrogen and oxygen atoms in total. The first-order chi connectivity index (χ1) is 7.79. The van der Waals surface area contributed by atoms with E-state index >= 15 is 0 Å². The summed E-state index contributed by atoms with van der Waals surface area (Å²) in [6, 6.07) is 0. The van der Waals surface area contributed by atoms with Gasteiger partial charge in [0.2, 0.25) is 0 Å². The summed E-state index contributed by atoms with van der Waals surface area (Å²) >= 11 is 1.77. The summed E-state index contributed by atoms with van der Waals surface area (Å²) in [5.41, 5.74) is 7.23. The van der Waals surface area contributed by atoms with Gasteiger partial charge in [-0.2, -0.15) is 5.10 Å². The molecule has 0 aromatic carbocycles. The second-order valence-electron chi connectivity index (χ2n) is 3.93. The molecule has 2 aromatic rings. The van der Waals surface area contributed by atoms with Crippen LogP contribution in [-0.2, 0) is 0 Å². The van der Waals surface area contributed by atoms with Crippen molar-refractivity contribution in [1.82, 2.24) is 19.7 Å². The van der Waals surface area contributed by atoms with Crippen LogP contribution in [0.5, 0.6) is 0 Å². The van der Waals surface area contributed by atoms with E-state index in [0.717, 1.165) is 24.0 Å². The Kier molecular flexibility index (Phi) is 2.29. The van der Waals surface area contributed by atoms with E-state index in [1.165, 1.54) is 0 Å². The lowest BCUT2D eigenvalue weighted by molar-refractivity contribution is 0.292. The van der Waals surface area contributed by atoms with Crippen molar-refractivity contribution >= 4 is 28.7 Å². The van der Waals surface area contributed by atoms with E-state index in [2.05, 4.69) is 15.2 Å². The third-order valence-electron chi connectivity index (χ3n) is 2.90. The van der Waals surface area contributed by atoms with Gasteiger partial charge in [0.25, 0.3) is 0 Å². The minimum Gasteiger partial charge on any atom is -0.395 e. The number of fused-ring (bicyclic) bond motifs is 1. The van der Waals surface area contributed by atoms with Crippen LogP contribution in [-0.4, -0.2) is 36.7 Å². The molecule has 7 heteroatoms. The molecule has 0 unspecified atom stereocenters. The Morgan fingerprint density at radius 1 is 1.62 bits per heavy atom. The average Bonchev–Trinajstić information content (AvgIpc) is 2.96. The van der Waals surface area contributed by atoms with Crippen molar-refractivity contribution in [2.45, 2.75) is 23.5 Å². The lowest BCUT2D eigenvalue weighted by Gasteiger charge is -2.10. The van der Waals surface area contributed by atoms with E-state index < -0.39 is 0 Å². The SMILES string of the molecule is Nc1[nH]nc2c1ncn2[C@@H]1CC[C@H](CO)S1. The number of aliphatic hydroxyl groups excluding tert-OH is 1. The van der Waals surface area contributed by atoms with E-state index in [1.54, 1.807) is 18.1 Å². The van der Waals surface area contributed by atoms with Gasteiger partial charge >= 0.3 is 0 Å². The van der Waals surface area contributed by atoms with Gasteiger partial charge in [-0.25, -0.2) is 4.98 Å². The van der Waals surface area contributed by atoms with Crippen molar-refractivity contribution in [3.05, 3.63) is 6.33 Å². The molecule has 3 heterocycles. The van der Waals surface area contributed by atoms with Crippen LogP contribution in [0.2, 0.25) is 0 Å². The first-order valence-electron chi connectivity index (χ1n) is 5.22. The first-order valence-corrected chi connectivity index (χ1v) is 6.16. The zero-order chi connectivity index (χ0) is 11.1. The van der Waals surface area contributed by atoms with Crippen LogP contribution in [0.25, 0.3) is 11.2 Å². The van der Waals surface area contributed by atoms with E-state index in [-0.39, 0.29) is 6.61 Å². The fourth-order valence-corrected chi connectivity index (χ4v) is 3.42. The Labute approximate surface area is 96.2 Å². The van der Waals surface area contributed by atoms with Crippen molar-refractivity contribution in [2.24, 2.45) is 0 Å². The van der Waals surface area contributed by atoms with Gasteiger partial charge in [-0.3, -0.25) is 5.10 Å². The molecule has 0 radical (unpaired) electrons. The van der Waals surface area contributed by atoms with Crippen LogP contribution >= 0.6 is 11.8 Å². The highest BCUT2D eigenvalue weighted by Gasteiger charge is 2.27. The number of hydrogen-bond acceptors (Lipinski definition) is 5. The van der Waals surface area contributed by atoms with Crippen LogP contribution in [0.1, 0.15) is 18.2 Å². The molecular weight excluding hydrogens is 226 g/mol. The van der Waals surface area contributed by atoms with Gasteiger partial charge in [0.15, 0.2) is 11.2 Å². The fraction of sp³-hybridized carbons (Fsp3) is 0.556. The van der Waals surface area contributed by atoms with Crippen LogP contribution < -0.4 is 5.73 Å². The molecule has 0 amide bonds. The maximum absolute atomic E-state index is 9.11. The number of nitrogen functional groups attached to an aromatic ring is 1. The number of imidazole rings is 1. The molecule has 1 aliphatic rings. The van der Waals surface area contributed by atoms with Crippen molar-refractivity contribution < 1.29 is 5.11 Å². The summed E-state index contributed by atoms with van der Waals surface area (Å²) in [7, 11) is 0. The average molecular weight is 239 g/mol. The minimum atomic E-state index is 0.238. The van der Waals surface area contributed by atoms with E-state index in [0.29, 0.717) is 16.4 Å². The maximum Gasteiger partial charge on any atom is 0.184 e. The van der Waals surface area contributed by atoms with Crippen LogP contribution in [0.15, 0.2) is 6.33 Å². The van der Waals surface area contributed by atoms with Gasteiger partial charge in [0.05, 0.1) is 18.3 Å². The molecule has 1 fully saturated rings. The molecule has 1 saturated heterocycles. The molecule has 0 bridgehead atoms. The Morgan fingerprint density at radius 3 is 3.25 bits per heavy atom. The summed E-state index contributed by atoms with van der Waals surface area (Å²) < 4.78 is 2.03. The smallest absolute Gasteiger partial charge is 0.184 e. The number of H-pyrrole nitrogens is 1. The zero-order valence-electron chi connectivity index (χ0n) is 8.63. The molecule has 0 saturated carbocycles. The molecule has 86 valence electrons. The van der Waals surface area contributed by atoms with Crippen molar-refractivity contribution in [3.8, 4) is 0 Å². The highest BCUT2D eigenvalue weighted by atomic mass is 32.2. The fourth-order valence-electron chi connectivity index (χ4n) is 2.06. The van der Waals surface area contributed by atoms with Gasteiger partial charge in [-0.1, -0.05) is 0 Å². The van der Waals surface area contributed by atoms with E-state index in [4.69, 9.17) is 10.8 Å². The second-order valence-corrected chi connectivity index (χ2v) is 5.42. The third kappa shape index (κ3) is 1.39. The highest BCUT2D eigenvalue weighted by Crippen LogP contribution is 2.42. The Morgan fingerprint density at radius 2 is 2.50 bits per heavy atom. The summed E-state index contributed by atoms with van der Waals surface area (Å²) in [5.74, 6) is 0.510. The van der Waals surface area contributed by atoms with Crippen LogP contribution in [0, 0.1) is 0 Å². The maximum atomic E-state index is 9.11. The van der Waals surface area contributed by atoms with Crippen molar-refractivity contribution in [2.75, 3.05) is 12.3 Å². The predicted molar refractivity (Wildman–Crippen MR) is 63.0 cm³/mol. The van der Waals surface area contributed by atoms with Gasteiger partial charge in [0, 0.05) is 5.25 Å². The number of thioether (sulfide) groups is 1. The Hall–Kier alpha value is -1.21. The molecule has 0 aliphatic carbocycles. The summed E-state index contributed by atoms with van der Waals surface area (Å²) in [4.78, 5) is 4.24. The molecule has 2 aromatic heterocycles. The number of anilines is 1. The lowest BCUT2D eigenvalue weighted by Crippen LogP contribution is -2.03. The molecule has 0 spiro atoms. The predicted octanol–water partition coefficient (Wildman–Crippen LogP) is 0.728. The van der Waals surface area contributed by atoms with Crippen molar-refractivity contribution in [1.29, 1.82) is 0 Å². The number of aromatic amines is 1. The second kappa shape index (κ2) is 3.67. The number of aromatic nitrogens is 4. The molecule has 4 N–H and O–H groups in total. The summed E-state index contributed by atoms with van der Waals surface area (Å²) in [5, 5.41) is 16.6. The Bertz CT molecular complexity index is 507.